The number of allylic oxidation sites excluding steroid dienone is 4. The van der Waals surface area contributed by atoms with Gasteiger partial charge in [-0.05, 0) is 38.8 Å². The molecule has 0 atom stereocenters. The lowest BCUT2D eigenvalue weighted by molar-refractivity contribution is 0.509. The average molecular weight is 323 g/mol. The van der Waals surface area contributed by atoms with Crippen molar-refractivity contribution in [3.05, 3.63) is 66.4 Å². The summed E-state index contributed by atoms with van der Waals surface area (Å²) in [6.07, 6.45) is 3.70. The van der Waals surface area contributed by atoms with E-state index in [4.69, 9.17) is 0 Å². The number of aromatic nitrogens is 3. The average Bonchev–Trinajstić information content (AvgIpc) is 3.02. The molecular formula is C21H29N3. The molecule has 0 unspecified atom stereocenters. The molecule has 2 rings (SSSR count). The Labute approximate surface area is 146 Å². The molecule has 128 valence electrons. The topological polar surface area (TPSA) is 30.7 Å². The van der Waals surface area contributed by atoms with Gasteiger partial charge in [-0.15, -0.1) is 5.10 Å². The van der Waals surface area contributed by atoms with Crippen LogP contribution in [0.4, 0.5) is 0 Å². The van der Waals surface area contributed by atoms with E-state index in [0.717, 1.165) is 28.1 Å². The molecule has 2 aromatic rings. The number of nitrogens with zero attached hydrogens (tertiary/aromatic N) is 3. The third-order valence-electron chi connectivity index (χ3n) is 3.77. The highest BCUT2D eigenvalue weighted by Gasteiger charge is 2.20. The van der Waals surface area contributed by atoms with Gasteiger partial charge in [0.15, 0.2) is 0 Å². The predicted octanol–water partition coefficient (Wildman–Crippen LogP) is 6.01. The number of benzene rings is 1. The maximum atomic E-state index is 4.45. The molecule has 0 bridgehead atoms. The number of hydrogen-bond donors (Lipinski definition) is 0. The fraction of sp³-hybridized carbons (Fsp3) is 0.333. The molecule has 3 nitrogen and oxygen atoms in total. The second-order valence-electron chi connectivity index (χ2n) is 5.64. The summed E-state index contributed by atoms with van der Waals surface area (Å²) in [4.78, 5) is 0. The van der Waals surface area contributed by atoms with Gasteiger partial charge < -0.3 is 0 Å². The van der Waals surface area contributed by atoms with E-state index in [-0.39, 0.29) is 6.04 Å². The maximum absolute atomic E-state index is 4.45. The van der Waals surface area contributed by atoms with E-state index in [2.05, 4.69) is 56.4 Å². The van der Waals surface area contributed by atoms with Crippen LogP contribution in [0.2, 0.25) is 0 Å². The van der Waals surface area contributed by atoms with Crippen LogP contribution in [0.5, 0.6) is 0 Å². The Balaban J connectivity index is 0.00000139. The Morgan fingerprint density at radius 2 is 1.75 bits per heavy atom. The molecule has 1 aromatic carbocycles. The molecule has 0 radical (unpaired) electrons. The smallest absolute Gasteiger partial charge is 0.121 e. The van der Waals surface area contributed by atoms with Crippen LogP contribution in [0, 0.1) is 6.92 Å². The number of aryl methyl sites for hydroxylation is 1. The molecule has 1 heterocycles. The van der Waals surface area contributed by atoms with Crippen molar-refractivity contribution in [1.82, 2.24) is 15.0 Å². The summed E-state index contributed by atoms with van der Waals surface area (Å²) in [5.41, 5.74) is 6.25. The van der Waals surface area contributed by atoms with Gasteiger partial charge in [-0.2, -0.15) is 0 Å². The van der Waals surface area contributed by atoms with Gasteiger partial charge in [-0.3, -0.25) is 0 Å². The van der Waals surface area contributed by atoms with E-state index in [1.807, 2.05) is 49.7 Å². The molecule has 0 amide bonds. The third kappa shape index (κ3) is 3.91. The summed E-state index contributed by atoms with van der Waals surface area (Å²) in [5, 5.41) is 8.82. The lowest BCUT2D eigenvalue weighted by Crippen LogP contribution is -2.08. The van der Waals surface area contributed by atoms with Gasteiger partial charge in [0.1, 0.15) is 5.69 Å². The zero-order chi connectivity index (χ0) is 18.3. The van der Waals surface area contributed by atoms with Crippen LogP contribution in [0.15, 0.2) is 55.1 Å². The largest absolute Gasteiger partial charge is 0.242 e. The summed E-state index contributed by atoms with van der Waals surface area (Å²) in [6.45, 7) is 20.2. The Bertz CT molecular complexity index is 733. The molecule has 0 fully saturated rings. The Morgan fingerprint density at radius 1 is 1.12 bits per heavy atom. The molecule has 0 saturated carbocycles. The van der Waals surface area contributed by atoms with Crippen molar-refractivity contribution < 1.29 is 0 Å². The molecule has 24 heavy (non-hydrogen) atoms. The van der Waals surface area contributed by atoms with Gasteiger partial charge in [0.05, 0.1) is 5.69 Å². The van der Waals surface area contributed by atoms with Crippen LogP contribution in [-0.2, 0) is 0 Å². The van der Waals surface area contributed by atoms with E-state index in [1.165, 1.54) is 5.56 Å². The molecule has 0 aliphatic heterocycles. The first-order valence-corrected chi connectivity index (χ1v) is 8.48. The van der Waals surface area contributed by atoms with Crippen molar-refractivity contribution >= 4 is 5.57 Å². The van der Waals surface area contributed by atoms with E-state index in [9.17, 15) is 0 Å². The zero-order valence-electron chi connectivity index (χ0n) is 15.8. The fourth-order valence-corrected chi connectivity index (χ4v) is 2.48. The number of hydrogen-bond acceptors (Lipinski definition) is 2. The SMILES string of the molecule is C=C/C(C)=C(\C=C)c1c(-c2ccccc2C)nnn1C(C)C.CC. The molecule has 0 aliphatic rings. The minimum absolute atomic E-state index is 0.216. The van der Waals surface area contributed by atoms with Crippen LogP contribution >= 0.6 is 0 Å². The van der Waals surface area contributed by atoms with E-state index in [1.54, 1.807) is 0 Å². The summed E-state index contributed by atoms with van der Waals surface area (Å²) in [7, 11) is 0. The summed E-state index contributed by atoms with van der Waals surface area (Å²) in [6, 6.07) is 8.44. The molecule has 0 N–H and O–H groups in total. The molecular weight excluding hydrogens is 294 g/mol. The normalized spacial score (nSPS) is 11.5. The van der Waals surface area contributed by atoms with Gasteiger partial charge in [-0.25, -0.2) is 4.68 Å². The Morgan fingerprint density at radius 3 is 2.25 bits per heavy atom. The highest BCUT2D eigenvalue weighted by atomic mass is 15.4. The Hall–Kier alpha value is -2.42. The van der Waals surface area contributed by atoms with Gasteiger partial charge >= 0.3 is 0 Å². The van der Waals surface area contributed by atoms with Crippen molar-refractivity contribution in [3.63, 3.8) is 0 Å². The molecule has 1 aromatic heterocycles. The second-order valence-corrected chi connectivity index (χ2v) is 5.64. The maximum Gasteiger partial charge on any atom is 0.121 e. The van der Waals surface area contributed by atoms with Crippen molar-refractivity contribution in [2.24, 2.45) is 0 Å². The highest BCUT2D eigenvalue weighted by Crippen LogP contribution is 2.32. The van der Waals surface area contributed by atoms with Crippen molar-refractivity contribution in [1.29, 1.82) is 0 Å². The Kier molecular flexibility index (Phi) is 7.37. The summed E-state index contributed by atoms with van der Waals surface area (Å²) < 4.78 is 1.95. The van der Waals surface area contributed by atoms with Gasteiger partial charge in [0, 0.05) is 17.2 Å². The van der Waals surface area contributed by atoms with Crippen molar-refractivity contribution in [2.75, 3.05) is 0 Å². The van der Waals surface area contributed by atoms with E-state index < -0.39 is 0 Å². The third-order valence-corrected chi connectivity index (χ3v) is 3.77. The highest BCUT2D eigenvalue weighted by molar-refractivity contribution is 5.84. The van der Waals surface area contributed by atoms with Gasteiger partial charge in [0.2, 0.25) is 0 Å². The quantitative estimate of drug-likeness (QED) is 0.631. The van der Waals surface area contributed by atoms with E-state index in [0.29, 0.717) is 0 Å². The molecule has 0 saturated heterocycles. The van der Waals surface area contributed by atoms with Crippen LogP contribution in [0.25, 0.3) is 16.8 Å². The van der Waals surface area contributed by atoms with E-state index >= 15 is 0 Å². The standard InChI is InChI=1S/C19H23N3.C2H6/c1-7-14(5)16(8-2)19-18(20-21-22(19)13(3)4)17-12-10-9-11-15(17)6;1-2/h7-13H,1-2H2,3-6H3;1-2H3/b16-14+;. The summed E-state index contributed by atoms with van der Waals surface area (Å²) >= 11 is 0. The fourth-order valence-electron chi connectivity index (χ4n) is 2.48. The van der Waals surface area contributed by atoms with Crippen molar-refractivity contribution in [3.8, 4) is 11.3 Å². The molecule has 0 spiro atoms. The van der Waals surface area contributed by atoms with Gasteiger partial charge in [0.25, 0.3) is 0 Å². The van der Waals surface area contributed by atoms with Crippen LogP contribution in [-0.4, -0.2) is 15.0 Å². The minimum atomic E-state index is 0.216. The van der Waals surface area contributed by atoms with Crippen LogP contribution < -0.4 is 0 Å². The second kappa shape index (κ2) is 9.02. The minimum Gasteiger partial charge on any atom is -0.242 e. The summed E-state index contributed by atoms with van der Waals surface area (Å²) in [5.74, 6) is 0. The molecule has 0 aliphatic carbocycles. The molecule has 3 heteroatoms. The monoisotopic (exact) mass is 323 g/mol. The number of rotatable bonds is 5. The first kappa shape index (κ1) is 19.6. The zero-order valence-corrected chi connectivity index (χ0v) is 15.8. The lowest BCUT2D eigenvalue weighted by Gasteiger charge is -2.14. The lowest BCUT2D eigenvalue weighted by atomic mass is 9.98. The van der Waals surface area contributed by atoms with Crippen LogP contribution in [0.3, 0.4) is 0 Å². The van der Waals surface area contributed by atoms with Gasteiger partial charge in [-0.1, -0.05) is 68.6 Å². The van der Waals surface area contributed by atoms with Crippen LogP contribution in [0.1, 0.15) is 51.9 Å². The first-order valence-electron chi connectivity index (χ1n) is 8.48. The predicted molar refractivity (Wildman–Crippen MR) is 105 cm³/mol. The first-order chi connectivity index (χ1) is 11.5. The van der Waals surface area contributed by atoms with Crippen molar-refractivity contribution in [2.45, 2.75) is 47.6 Å².